The van der Waals surface area contributed by atoms with E-state index in [1.165, 1.54) is 28.3 Å². The molecule has 1 amide bonds. The number of aryl methyl sites for hydroxylation is 2. The van der Waals surface area contributed by atoms with Crippen LogP contribution < -0.4 is 21.9 Å². The van der Waals surface area contributed by atoms with Crippen molar-refractivity contribution in [3.8, 4) is 0 Å². The number of thioether (sulfide) groups is 1. The predicted octanol–water partition coefficient (Wildman–Crippen LogP) is 1.84. The summed E-state index contributed by atoms with van der Waals surface area (Å²) < 4.78 is 11.4. The molecular formula is C22H27N5O5S. The molecule has 2 aromatic heterocycles. The minimum absolute atomic E-state index is 0.0579. The number of nitrogens with one attached hydrogen (secondary N) is 1. The molecule has 0 aliphatic rings. The molecule has 10 nitrogen and oxygen atoms in total. The van der Waals surface area contributed by atoms with Gasteiger partial charge in [-0.25, -0.2) is 4.79 Å². The second kappa shape index (κ2) is 11.0. The van der Waals surface area contributed by atoms with E-state index in [9.17, 15) is 14.4 Å². The highest BCUT2D eigenvalue weighted by molar-refractivity contribution is 7.99. The van der Waals surface area contributed by atoms with Crippen LogP contribution in [0, 0.1) is 13.8 Å². The smallest absolute Gasteiger partial charge is 0.330 e. The number of nitrogen functional groups attached to an aromatic ring is 1. The van der Waals surface area contributed by atoms with Gasteiger partial charge < -0.3 is 15.0 Å². The van der Waals surface area contributed by atoms with Gasteiger partial charge in [-0.15, -0.1) is 11.8 Å². The van der Waals surface area contributed by atoms with Crippen molar-refractivity contribution in [3.05, 3.63) is 73.8 Å². The molecule has 0 unspecified atom stereocenters. The van der Waals surface area contributed by atoms with Crippen molar-refractivity contribution < 1.29 is 14.1 Å². The van der Waals surface area contributed by atoms with Crippen molar-refractivity contribution in [1.82, 2.24) is 14.7 Å². The molecule has 33 heavy (non-hydrogen) atoms. The summed E-state index contributed by atoms with van der Waals surface area (Å²) in [5.74, 6) is 0.933. The molecule has 3 N–H and O–H groups in total. The van der Waals surface area contributed by atoms with Crippen LogP contribution in [0.3, 0.4) is 0 Å². The summed E-state index contributed by atoms with van der Waals surface area (Å²) in [6, 6.07) is 9.25. The van der Waals surface area contributed by atoms with Crippen molar-refractivity contribution in [2.75, 3.05) is 30.1 Å². The van der Waals surface area contributed by atoms with E-state index in [4.69, 9.17) is 15.0 Å². The highest BCUT2D eigenvalue weighted by Gasteiger charge is 2.25. The van der Waals surface area contributed by atoms with Gasteiger partial charge in [-0.2, -0.15) is 0 Å². The number of H-pyrrole nitrogens is 1. The van der Waals surface area contributed by atoms with E-state index in [-0.39, 0.29) is 42.9 Å². The maximum absolute atomic E-state index is 13.3. The normalized spacial score (nSPS) is 11.0. The lowest BCUT2D eigenvalue weighted by Crippen LogP contribution is -2.41. The summed E-state index contributed by atoms with van der Waals surface area (Å²) in [7, 11) is 1.50. The lowest BCUT2D eigenvalue weighted by atomic mass is 10.2. The summed E-state index contributed by atoms with van der Waals surface area (Å²) in [5, 5.41) is 3.93. The van der Waals surface area contributed by atoms with Gasteiger partial charge in [0.15, 0.2) is 5.69 Å². The number of nitrogens with two attached hydrogens (primary N) is 1. The quantitative estimate of drug-likeness (QED) is 0.455. The number of benzene rings is 1. The lowest BCUT2D eigenvalue weighted by molar-refractivity contribution is -0.116. The van der Waals surface area contributed by atoms with Crippen LogP contribution in [0.25, 0.3) is 0 Å². The Kier molecular flexibility index (Phi) is 8.12. The molecule has 11 heteroatoms. The van der Waals surface area contributed by atoms with E-state index < -0.39 is 11.2 Å². The maximum Gasteiger partial charge on any atom is 0.330 e. The highest BCUT2D eigenvalue weighted by Crippen LogP contribution is 2.23. The number of ether oxygens (including phenoxy) is 1. The molecule has 176 valence electrons. The zero-order chi connectivity index (χ0) is 24.0. The van der Waals surface area contributed by atoms with E-state index >= 15 is 0 Å². The number of hydrogen-bond donors (Lipinski definition) is 2. The van der Waals surface area contributed by atoms with Crippen molar-refractivity contribution >= 4 is 29.2 Å². The third-order valence-corrected chi connectivity index (χ3v) is 6.08. The minimum Gasteiger partial charge on any atom is -0.383 e. The van der Waals surface area contributed by atoms with Crippen molar-refractivity contribution in [3.63, 3.8) is 0 Å². The molecule has 0 saturated carbocycles. The summed E-state index contributed by atoms with van der Waals surface area (Å²) in [5.41, 5.74) is 7.33. The first-order valence-corrected chi connectivity index (χ1v) is 11.4. The third kappa shape index (κ3) is 5.74. The van der Waals surface area contributed by atoms with Gasteiger partial charge in [0.25, 0.3) is 5.56 Å². The van der Waals surface area contributed by atoms with E-state index in [1.54, 1.807) is 0 Å². The Balaban J connectivity index is 1.92. The zero-order valence-electron chi connectivity index (χ0n) is 18.8. The van der Waals surface area contributed by atoms with Crippen LogP contribution in [0.2, 0.25) is 0 Å². The molecule has 3 aromatic rings. The molecule has 0 radical (unpaired) electrons. The maximum atomic E-state index is 13.3. The van der Waals surface area contributed by atoms with Gasteiger partial charge in [-0.1, -0.05) is 35.5 Å². The number of rotatable bonds is 10. The molecular weight excluding hydrogens is 446 g/mol. The first-order valence-electron chi connectivity index (χ1n) is 10.3. The highest BCUT2D eigenvalue weighted by atomic mass is 32.2. The Morgan fingerprint density at radius 1 is 1.27 bits per heavy atom. The molecule has 0 saturated heterocycles. The number of aromatic nitrogens is 3. The average molecular weight is 474 g/mol. The molecule has 3 rings (SSSR count). The molecule has 0 aliphatic carbocycles. The molecule has 1 aromatic carbocycles. The van der Waals surface area contributed by atoms with Crippen LogP contribution in [-0.4, -0.2) is 40.1 Å². The predicted molar refractivity (Wildman–Crippen MR) is 127 cm³/mol. The zero-order valence-corrected chi connectivity index (χ0v) is 19.6. The number of hydrogen-bond acceptors (Lipinski definition) is 8. The summed E-state index contributed by atoms with van der Waals surface area (Å²) in [4.78, 5) is 42.0. The average Bonchev–Trinajstić information content (AvgIpc) is 3.11. The van der Waals surface area contributed by atoms with Gasteiger partial charge in [-0.05, 0) is 19.4 Å². The van der Waals surface area contributed by atoms with Crippen molar-refractivity contribution in [2.45, 2.75) is 32.7 Å². The summed E-state index contributed by atoms with van der Waals surface area (Å²) in [6.45, 7) is 4.15. The fourth-order valence-corrected chi connectivity index (χ4v) is 4.38. The number of anilines is 2. The second-order valence-electron chi connectivity index (χ2n) is 7.40. The van der Waals surface area contributed by atoms with E-state index in [0.29, 0.717) is 11.5 Å². The van der Waals surface area contributed by atoms with Gasteiger partial charge in [-0.3, -0.25) is 24.0 Å². The number of carbonyl (C=O) groups excluding carboxylic acids is 1. The molecule has 0 spiro atoms. The number of aromatic amines is 1. The van der Waals surface area contributed by atoms with Crippen LogP contribution in [0.4, 0.5) is 11.5 Å². The van der Waals surface area contributed by atoms with Gasteiger partial charge in [0.05, 0.1) is 31.1 Å². The topological polar surface area (TPSA) is 136 Å². The SMILES string of the molecule is COCCn1c(N)c(N(Cc2ccccc2)C(=O)CSCc2c(C)noc2C)c(=O)[nH]c1=O. The lowest BCUT2D eigenvalue weighted by Gasteiger charge is -2.24. The fourth-order valence-electron chi connectivity index (χ4n) is 3.33. The fraction of sp³-hybridized carbons (Fsp3) is 0.364. The summed E-state index contributed by atoms with van der Waals surface area (Å²) in [6.07, 6.45) is 0. The molecule has 0 bridgehead atoms. The van der Waals surface area contributed by atoms with E-state index in [1.807, 2.05) is 44.2 Å². The largest absolute Gasteiger partial charge is 0.383 e. The monoisotopic (exact) mass is 473 g/mol. The first-order chi connectivity index (χ1) is 15.8. The molecule has 0 atom stereocenters. The van der Waals surface area contributed by atoms with Crippen molar-refractivity contribution in [2.24, 2.45) is 0 Å². The number of nitrogens with zero attached hydrogens (tertiary/aromatic N) is 3. The Morgan fingerprint density at radius 3 is 2.64 bits per heavy atom. The number of amides is 1. The number of methoxy groups -OCH3 is 1. The van der Waals surface area contributed by atoms with Crippen LogP contribution in [0.15, 0.2) is 44.4 Å². The summed E-state index contributed by atoms with van der Waals surface area (Å²) >= 11 is 1.38. The standard InChI is InChI=1S/C22H27N5O5S/c1-14-17(15(2)32-25-14)12-33-13-18(28)27(11-16-7-5-4-6-8-16)19-20(23)26(9-10-31-3)22(30)24-21(19)29/h4-8H,9-13,23H2,1-3H3,(H,24,29,30). The van der Waals surface area contributed by atoms with Crippen molar-refractivity contribution in [1.29, 1.82) is 0 Å². The van der Waals surface area contributed by atoms with E-state index in [0.717, 1.165) is 16.8 Å². The Morgan fingerprint density at radius 2 is 2.00 bits per heavy atom. The Labute approximate surface area is 194 Å². The third-order valence-electron chi connectivity index (χ3n) is 5.14. The van der Waals surface area contributed by atoms with E-state index in [2.05, 4.69) is 10.1 Å². The Bertz CT molecular complexity index is 1200. The Hall–Kier alpha value is -3.31. The van der Waals surface area contributed by atoms with Gasteiger partial charge in [0.1, 0.15) is 11.6 Å². The first kappa shape index (κ1) is 24.3. The second-order valence-corrected chi connectivity index (χ2v) is 8.38. The molecule has 0 aliphatic heterocycles. The van der Waals surface area contributed by atoms with Crippen LogP contribution in [0.1, 0.15) is 22.6 Å². The van der Waals surface area contributed by atoms with Crippen LogP contribution in [0.5, 0.6) is 0 Å². The molecule has 0 fully saturated rings. The minimum atomic E-state index is -0.717. The molecule has 2 heterocycles. The van der Waals surface area contributed by atoms with Gasteiger partial charge in [0, 0.05) is 18.4 Å². The van der Waals surface area contributed by atoms with Gasteiger partial charge >= 0.3 is 5.69 Å². The van der Waals surface area contributed by atoms with Gasteiger partial charge in [0.2, 0.25) is 5.91 Å². The van der Waals surface area contributed by atoms with Crippen LogP contribution >= 0.6 is 11.8 Å². The number of carbonyl (C=O) groups is 1. The van der Waals surface area contributed by atoms with Crippen LogP contribution in [-0.2, 0) is 28.4 Å².